The number of nitrogens with zero attached hydrogens (tertiary/aromatic N) is 4. The Morgan fingerprint density at radius 2 is 1.88 bits per heavy atom. The molecule has 1 aromatic carbocycles. The van der Waals surface area contributed by atoms with E-state index in [0.717, 1.165) is 43.4 Å². The van der Waals surface area contributed by atoms with Gasteiger partial charge in [0.15, 0.2) is 11.5 Å². The van der Waals surface area contributed by atoms with Crippen molar-refractivity contribution in [1.29, 1.82) is 0 Å². The summed E-state index contributed by atoms with van der Waals surface area (Å²) in [5.74, 6) is 2.07. The molecule has 0 aliphatic heterocycles. The van der Waals surface area contributed by atoms with Crippen LogP contribution in [-0.2, 0) is 11.8 Å². The maximum absolute atomic E-state index is 10.0. The average Bonchev–Trinajstić information content (AvgIpc) is 3.15. The summed E-state index contributed by atoms with van der Waals surface area (Å²) in [5.41, 5.74) is 0.932. The smallest absolute Gasteiger partial charge is 0.161 e. The highest BCUT2D eigenvalue weighted by Gasteiger charge is 2.19. The molecule has 0 saturated carbocycles. The van der Waals surface area contributed by atoms with Crippen LogP contribution in [0.15, 0.2) is 12.1 Å². The van der Waals surface area contributed by atoms with Gasteiger partial charge in [0.05, 0.1) is 13.2 Å². The van der Waals surface area contributed by atoms with Gasteiger partial charge in [0.2, 0.25) is 0 Å². The predicted octanol–water partition coefficient (Wildman–Crippen LogP) is 3.41. The number of aromatic nitrogens is 4. The number of phenolic OH excluding ortho intramolecular Hbond substituents is 1. The Morgan fingerprint density at radius 1 is 1.08 bits per heavy atom. The van der Waals surface area contributed by atoms with E-state index in [0.29, 0.717) is 24.8 Å². The van der Waals surface area contributed by atoms with Crippen LogP contribution in [0.2, 0.25) is 0 Å². The summed E-state index contributed by atoms with van der Waals surface area (Å²) in [6, 6.07) is 3.51. The van der Waals surface area contributed by atoms with Crippen molar-refractivity contribution in [2.45, 2.75) is 65.2 Å². The fourth-order valence-corrected chi connectivity index (χ4v) is 2.83. The molecule has 144 valence electrons. The Bertz CT molecular complexity index is 672. The van der Waals surface area contributed by atoms with Gasteiger partial charge in [-0.3, -0.25) is 10.3 Å². The van der Waals surface area contributed by atoms with E-state index in [2.05, 4.69) is 41.4 Å². The Balaban J connectivity index is 1.77. The van der Waals surface area contributed by atoms with Gasteiger partial charge in [-0.2, -0.15) is 5.21 Å². The van der Waals surface area contributed by atoms with Crippen molar-refractivity contribution in [3.63, 3.8) is 0 Å². The van der Waals surface area contributed by atoms with E-state index < -0.39 is 0 Å². The standard InChI is InChI=1S/C19H29N4O3/c1-5-14-12-17(25-6-2)15(24)13-16(14)26-11-9-7-8-10-19(3,4)18-20-22-23-21-18/h12-13H,5-11H2,1-4H3,(H-,20,21,22,23,24)/q-1. The van der Waals surface area contributed by atoms with Crippen LogP contribution in [0.5, 0.6) is 17.2 Å². The first-order valence-electron chi connectivity index (χ1n) is 9.28. The number of aryl methyl sites for hydroxylation is 1. The molecule has 7 heteroatoms. The lowest BCUT2D eigenvalue weighted by Crippen LogP contribution is -2.20. The molecule has 0 aliphatic rings. The van der Waals surface area contributed by atoms with Gasteiger partial charge in [0.1, 0.15) is 5.75 Å². The molecule has 0 aliphatic carbocycles. The highest BCUT2D eigenvalue weighted by molar-refractivity contribution is 5.49. The fraction of sp³-hybridized carbons (Fsp3) is 0.632. The highest BCUT2D eigenvalue weighted by atomic mass is 16.5. The maximum Gasteiger partial charge on any atom is 0.161 e. The summed E-state index contributed by atoms with van der Waals surface area (Å²) >= 11 is 0. The second-order valence-corrected chi connectivity index (χ2v) is 6.96. The van der Waals surface area contributed by atoms with E-state index in [1.165, 1.54) is 0 Å². The van der Waals surface area contributed by atoms with Crippen LogP contribution in [0.3, 0.4) is 0 Å². The molecule has 2 rings (SSSR count). The third-order valence-electron chi connectivity index (χ3n) is 4.45. The van der Waals surface area contributed by atoms with E-state index >= 15 is 0 Å². The minimum absolute atomic E-state index is 0.110. The Morgan fingerprint density at radius 3 is 2.54 bits per heavy atom. The Kier molecular flexibility index (Phi) is 7.24. The molecule has 0 fully saturated rings. The summed E-state index contributed by atoms with van der Waals surface area (Å²) in [6.45, 7) is 9.32. The predicted molar refractivity (Wildman–Crippen MR) is 98.8 cm³/mol. The number of phenols is 1. The van der Waals surface area contributed by atoms with Crippen LogP contribution in [0, 0.1) is 0 Å². The molecule has 0 amide bonds. The maximum atomic E-state index is 10.0. The van der Waals surface area contributed by atoms with Crippen LogP contribution in [0.4, 0.5) is 0 Å². The van der Waals surface area contributed by atoms with Crippen LogP contribution in [-0.4, -0.2) is 33.8 Å². The molecule has 0 spiro atoms. The van der Waals surface area contributed by atoms with Crippen molar-refractivity contribution in [3.8, 4) is 17.2 Å². The largest absolute Gasteiger partial charge is 0.504 e. The SMILES string of the molecule is CCOc1cc(CC)c(OCCCCCC(C)(C)c2nnn[n-]2)cc1O. The van der Waals surface area contributed by atoms with Crippen LogP contribution in [0.1, 0.15) is 64.8 Å². The van der Waals surface area contributed by atoms with Gasteiger partial charge in [-0.15, -0.1) is 0 Å². The summed E-state index contributed by atoms with van der Waals surface area (Å²) in [7, 11) is 0. The number of hydrogen-bond acceptors (Lipinski definition) is 6. The first-order chi connectivity index (χ1) is 12.5. The van der Waals surface area contributed by atoms with Gasteiger partial charge in [-0.25, -0.2) is 0 Å². The minimum Gasteiger partial charge on any atom is -0.504 e. The zero-order valence-corrected chi connectivity index (χ0v) is 16.2. The molecule has 0 bridgehead atoms. The quantitative estimate of drug-likeness (QED) is 0.613. The second kappa shape index (κ2) is 9.40. The third kappa shape index (κ3) is 5.34. The molecule has 7 nitrogen and oxygen atoms in total. The van der Waals surface area contributed by atoms with E-state index in [1.807, 2.05) is 13.0 Å². The van der Waals surface area contributed by atoms with Crippen molar-refractivity contribution >= 4 is 0 Å². The minimum atomic E-state index is -0.110. The molecule has 1 N–H and O–H groups in total. The van der Waals surface area contributed by atoms with Crippen LogP contribution < -0.4 is 14.6 Å². The molecule has 0 radical (unpaired) electrons. The molecule has 2 aromatic rings. The lowest BCUT2D eigenvalue weighted by molar-refractivity contribution is 0.290. The van der Waals surface area contributed by atoms with Crippen LogP contribution >= 0.6 is 0 Å². The van der Waals surface area contributed by atoms with Gasteiger partial charge in [-0.05, 0) is 43.2 Å². The molecule has 1 heterocycles. The topological polar surface area (TPSA) is 91.5 Å². The number of tetrazole rings is 1. The summed E-state index contributed by atoms with van der Waals surface area (Å²) < 4.78 is 11.3. The first-order valence-corrected chi connectivity index (χ1v) is 9.28. The fourth-order valence-electron chi connectivity index (χ4n) is 2.83. The van der Waals surface area contributed by atoms with Crippen molar-refractivity contribution in [2.24, 2.45) is 0 Å². The Hall–Kier alpha value is -2.31. The number of benzene rings is 1. The molecule has 1 aromatic heterocycles. The van der Waals surface area contributed by atoms with Gasteiger partial charge in [0.25, 0.3) is 0 Å². The molecule has 0 saturated heterocycles. The van der Waals surface area contributed by atoms with Crippen molar-refractivity contribution < 1.29 is 14.6 Å². The van der Waals surface area contributed by atoms with E-state index in [1.54, 1.807) is 6.07 Å². The van der Waals surface area contributed by atoms with Crippen molar-refractivity contribution in [2.75, 3.05) is 13.2 Å². The lowest BCUT2D eigenvalue weighted by Gasteiger charge is -2.24. The summed E-state index contributed by atoms with van der Waals surface area (Å²) in [4.78, 5) is 0. The van der Waals surface area contributed by atoms with Gasteiger partial charge < -0.3 is 19.7 Å². The number of unbranched alkanes of at least 4 members (excludes halogenated alkanes) is 2. The number of ether oxygens (including phenoxy) is 2. The normalized spacial score (nSPS) is 11.5. The number of rotatable bonds is 11. The summed E-state index contributed by atoms with van der Waals surface area (Å²) in [6.07, 6.45) is 4.86. The van der Waals surface area contributed by atoms with Crippen molar-refractivity contribution in [1.82, 2.24) is 20.6 Å². The third-order valence-corrected chi connectivity index (χ3v) is 4.45. The average molecular weight is 361 g/mol. The molecule has 26 heavy (non-hydrogen) atoms. The highest BCUT2D eigenvalue weighted by Crippen LogP contribution is 2.34. The molecular formula is C19H29N4O3-. The van der Waals surface area contributed by atoms with E-state index in [4.69, 9.17) is 9.47 Å². The Labute approximate surface area is 155 Å². The number of hydrogen-bond donors (Lipinski definition) is 1. The van der Waals surface area contributed by atoms with E-state index in [9.17, 15) is 5.11 Å². The van der Waals surface area contributed by atoms with Gasteiger partial charge in [-0.1, -0.05) is 33.6 Å². The van der Waals surface area contributed by atoms with Gasteiger partial charge >= 0.3 is 0 Å². The first kappa shape index (κ1) is 20.0. The monoisotopic (exact) mass is 361 g/mol. The molecule has 0 atom stereocenters. The van der Waals surface area contributed by atoms with Gasteiger partial charge in [0, 0.05) is 11.9 Å². The zero-order valence-electron chi connectivity index (χ0n) is 16.2. The lowest BCUT2D eigenvalue weighted by atomic mass is 9.86. The molecular weight excluding hydrogens is 332 g/mol. The van der Waals surface area contributed by atoms with E-state index in [-0.39, 0.29) is 11.2 Å². The van der Waals surface area contributed by atoms with Crippen LogP contribution in [0.25, 0.3) is 0 Å². The molecule has 0 unspecified atom stereocenters. The second-order valence-electron chi connectivity index (χ2n) is 6.96. The zero-order chi connectivity index (χ0) is 19.0. The van der Waals surface area contributed by atoms with Crippen molar-refractivity contribution in [3.05, 3.63) is 23.5 Å². The number of aromatic hydroxyl groups is 1. The summed E-state index contributed by atoms with van der Waals surface area (Å²) in [5, 5.41) is 25.1.